The molecule has 1 aliphatic rings. The summed E-state index contributed by atoms with van der Waals surface area (Å²) in [6, 6.07) is 15.9. The van der Waals surface area contributed by atoms with Crippen LogP contribution in [-0.2, 0) is 4.79 Å². The largest absolute Gasteiger partial charge is 0.368 e. The maximum Gasteiger partial charge on any atom is 0.234 e. The number of aromatic nitrogens is 2. The zero-order valence-electron chi connectivity index (χ0n) is 17.6. The monoisotopic (exact) mass is 471 g/mol. The molecule has 0 bridgehead atoms. The fourth-order valence-electron chi connectivity index (χ4n) is 3.45. The molecule has 2 aromatic carbocycles. The Morgan fingerprint density at radius 3 is 2.41 bits per heavy atom. The normalized spacial score (nSPS) is 13.8. The summed E-state index contributed by atoms with van der Waals surface area (Å²) in [5, 5.41) is 12.6. The lowest BCUT2D eigenvalue weighted by molar-refractivity contribution is -0.113. The number of anilines is 3. The highest BCUT2D eigenvalue weighted by molar-refractivity contribution is 7.99. The average molecular weight is 472 g/mol. The van der Waals surface area contributed by atoms with Crippen LogP contribution < -0.4 is 15.1 Å². The van der Waals surface area contributed by atoms with Gasteiger partial charge in [-0.25, -0.2) is 4.39 Å². The van der Waals surface area contributed by atoms with Gasteiger partial charge in [0.05, 0.1) is 16.5 Å². The summed E-state index contributed by atoms with van der Waals surface area (Å²) in [5.74, 6) is 0.652. The molecule has 0 aliphatic carbocycles. The van der Waals surface area contributed by atoms with Crippen molar-refractivity contribution < 1.29 is 9.18 Å². The van der Waals surface area contributed by atoms with Crippen molar-refractivity contribution in [2.45, 2.75) is 11.9 Å². The van der Waals surface area contributed by atoms with Gasteiger partial charge in [-0.05, 0) is 61.0 Å². The minimum absolute atomic E-state index is 0.149. The molecule has 166 valence electrons. The second-order valence-electron chi connectivity index (χ2n) is 7.50. The minimum Gasteiger partial charge on any atom is -0.368 e. The Kier molecular flexibility index (Phi) is 7.12. The quantitative estimate of drug-likeness (QED) is 0.529. The van der Waals surface area contributed by atoms with Gasteiger partial charge in [-0.1, -0.05) is 29.4 Å². The number of rotatable bonds is 6. The van der Waals surface area contributed by atoms with Crippen molar-refractivity contribution in [1.82, 2.24) is 10.2 Å². The van der Waals surface area contributed by atoms with E-state index in [9.17, 15) is 9.18 Å². The predicted molar refractivity (Wildman–Crippen MR) is 128 cm³/mol. The van der Waals surface area contributed by atoms with Crippen molar-refractivity contribution in [1.29, 1.82) is 0 Å². The molecule has 32 heavy (non-hydrogen) atoms. The number of thioether (sulfide) groups is 1. The zero-order valence-corrected chi connectivity index (χ0v) is 19.2. The van der Waals surface area contributed by atoms with Gasteiger partial charge in [-0.2, -0.15) is 0 Å². The van der Waals surface area contributed by atoms with E-state index in [1.165, 1.54) is 23.9 Å². The molecule has 0 radical (unpaired) electrons. The Morgan fingerprint density at radius 2 is 1.75 bits per heavy atom. The van der Waals surface area contributed by atoms with Crippen molar-refractivity contribution in [2.24, 2.45) is 0 Å². The van der Waals surface area contributed by atoms with Crippen molar-refractivity contribution in [3.63, 3.8) is 0 Å². The summed E-state index contributed by atoms with van der Waals surface area (Å²) in [7, 11) is 0. The number of piperazine rings is 1. The van der Waals surface area contributed by atoms with Gasteiger partial charge < -0.3 is 15.1 Å². The Labute approximate surface area is 195 Å². The van der Waals surface area contributed by atoms with Crippen LogP contribution in [0.5, 0.6) is 0 Å². The molecule has 0 unspecified atom stereocenters. The van der Waals surface area contributed by atoms with Crippen LogP contribution in [0.4, 0.5) is 21.6 Å². The molecule has 2 heterocycles. The Bertz CT molecular complexity index is 1070. The first-order valence-electron chi connectivity index (χ1n) is 10.3. The molecule has 1 fully saturated rings. The standard InChI is InChI=1S/C23H23ClFN5OS/c1-16-2-7-20(19(24)14-16)26-22(31)15-32-23-9-8-21(27-28-23)30-12-10-29(11-13-30)18-5-3-17(25)4-6-18/h2-9,14H,10-13,15H2,1H3,(H,26,31). The van der Waals surface area contributed by atoms with Crippen molar-refractivity contribution >= 4 is 46.5 Å². The molecule has 0 spiro atoms. The molecule has 1 amide bonds. The number of hydrogen-bond acceptors (Lipinski definition) is 6. The van der Waals surface area contributed by atoms with E-state index in [1.807, 2.05) is 31.2 Å². The molecule has 1 aromatic heterocycles. The van der Waals surface area contributed by atoms with Gasteiger partial charge in [0.15, 0.2) is 5.82 Å². The Morgan fingerprint density at radius 1 is 1.03 bits per heavy atom. The highest BCUT2D eigenvalue weighted by Gasteiger charge is 2.19. The van der Waals surface area contributed by atoms with E-state index in [0.717, 1.165) is 43.2 Å². The highest BCUT2D eigenvalue weighted by atomic mass is 35.5. The van der Waals surface area contributed by atoms with Crippen molar-refractivity contribution in [2.75, 3.05) is 47.0 Å². The van der Waals surface area contributed by atoms with E-state index < -0.39 is 0 Å². The van der Waals surface area contributed by atoms with Crippen LogP contribution >= 0.6 is 23.4 Å². The van der Waals surface area contributed by atoms with Gasteiger partial charge in [-0.3, -0.25) is 4.79 Å². The van der Waals surface area contributed by atoms with Crippen LogP contribution in [0.1, 0.15) is 5.56 Å². The van der Waals surface area contributed by atoms with Gasteiger partial charge in [0.1, 0.15) is 10.8 Å². The number of nitrogens with zero attached hydrogens (tertiary/aromatic N) is 4. The second kappa shape index (κ2) is 10.2. The molecule has 1 aliphatic heterocycles. The molecule has 9 heteroatoms. The first-order valence-corrected chi connectivity index (χ1v) is 11.6. The SMILES string of the molecule is Cc1ccc(NC(=O)CSc2ccc(N3CCN(c4ccc(F)cc4)CC3)nn2)c(Cl)c1. The molecule has 6 nitrogen and oxygen atoms in total. The first-order chi connectivity index (χ1) is 15.5. The van der Waals surface area contributed by atoms with E-state index in [4.69, 9.17) is 11.6 Å². The smallest absolute Gasteiger partial charge is 0.234 e. The molecule has 3 aromatic rings. The third-order valence-corrected chi connectivity index (χ3v) is 6.40. The minimum atomic E-state index is -0.225. The lowest BCUT2D eigenvalue weighted by Crippen LogP contribution is -2.46. The van der Waals surface area contributed by atoms with E-state index in [-0.39, 0.29) is 17.5 Å². The second-order valence-corrected chi connectivity index (χ2v) is 8.90. The number of amides is 1. The third kappa shape index (κ3) is 5.69. The van der Waals surface area contributed by atoms with E-state index in [0.29, 0.717) is 15.7 Å². The van der Waals surface area contributed by atoms with Crippen LogP contribution in [0.25, 0.3) is 0 Å². The number of halogens is 2. The van der Waals surface area contributed by atoms with E-state index in [1.54, 1.807) is 18.2 Å². The number of carbonyl (C=O) groups is 1. The Balaban J connectivity index is 1.26. The fourth-order valence-corrected chi connectivity index (χ4v) is 4.35. The molecule has 1 N–H and O–H groups in total. The fraction of sp³-hybridized carbons (Fsp3) is 0.261. The maximum absolute atomic E-state index is 13.1. The topological polar surface area (TPSA) is 61.4 Å². The van der Waals surface area contributed by atoms with Crippen LogP contribution in [0, 0.1) is 12.7 Å². The average Bonchev–Trinajstić information content (AvgIpc) is 2.81. The number of benzene rings is 2. The summed E-state index contributed by atoms with van der Waals surface area (Å²) in [6.45, 7) is 5.20. The lowest BCUT2D eigenvalue weighted by Gasteiger charge is -2.36. The number of aryl methyl sites for hydroxylation is 1. The molecule has 1 saturated heterocycles. The summed E-state index contributed by atoms with van der Waals surface area (Å²) < 4.78 is 13.1. The van der Waals surface area contributed by atoms with Crippen LogP contribution in [0.2, 0.25) is 5.02 Å². The lowest BCUT2D eigenvalue weighted by atomic mass is 10.2. The molecule has 0 atom stereocenters. The molecular formula is C23H23ClFN5OS. The maximum atomic E-state index is 13.1. The van der Waals surface area contributed by atoms with Gasteiger partial charge >= 0.3 is 0 Å². The number of hydrogen-bond donors (Lipinski definition) is 1. The van der Waals surface area contributed by atoms with Crippen molar-refractivity contribution in [3.05, 3.63) is 71.0 Å². The number of carbonyl (C=O) groups excluding carboxylic acids is 1. The zero-order chi connectivity index (χ0) is 22.5. The first kappa shape index (κ1) is 22.4. The summed E-state index contributed by atoms with van der Waals surface area (Å²) in [5.41, 5.74) is 2.66. The summed E-state index contributed by atoms with van der Waals surface area (Å²) >= 11 is 7.49. The summed E-state index contributed by atoms with van der Waals surface area (Å²) in [4.78, 5) is 16.6. The van der Waals surface area contributed by atoms with Crippen LogP contribution in [-0.4, -0.2) is 48.0 Å². The van der Waals surface area contributed by atoms with Gasteiger partial charge in [0, 0.05) is 31.9 Å². The van der Waals surface area contributed by atoms with Crippen molar-refractivity contribution in [3.8, 4) is 0 Å². The number of nitrogens with one attached hydrogen (secondary N) is 1. The van der Waals surface area contributed by atoms with Gasteiger partial charge in [-0.15, -0.1) is 10.2 Å². The third-order valence-electron chi connectivity index (χ3n) is 5.17. The summed E-state index contributed by atoms with van der Waals surface area (Å²) in [6.07, 6.45) is 0. The van der Waals surface area contributed by atoms with Crippen LogP contribution in [0.15, 0.2) is 59.6 Å². The molecular weight excluding hydrogens is 449 g/mol. The molecule has 0 saturated carbocycles. The Hall–Kier alpha value is -2.84. The van der Waals surface area contributed by atoms with E-state index >= 15 is 0 Å². The van der Waals surface area contributed by atoms with Gasteiger partial charge in [0.2, 0.25) is 5.91 Å². The highest BCUT2D eigenvalue weighted by Crippen LogP contribution is 2.24. The van der Waals surface area contributed by atoms with E-state index in [2.05, 4.69) is 25.3 Å². The predicted octanol–water partition coefficient (Wildman–Crippen LogP) is 4.63. The molecule has 4 rings (SSSR count). The van der Waals surface area contributed by atoms with Gasteiger partial charge in [0.25, 0.3) is 0 Å². The van der Waals surface area contributed by atoms with Crippen LogP contribution in [0.3, 0.4) is 0 Å².